The van der Waals surface area contributed by atoms with Crippen LogP contribution in [0.5, 0.6) is 0 Å². The van der Waals surface area contributed by atoms with Crippen molar-refractivity contribution in [2.45, 2.75) is 65.0 Å². The zero-order valence-electron chi connectivity index (χ0n) is 23.5. The standard InChI is InChI=1S/C27H33Cl2F3N4O5S/c1-5-42(39,40)36(13-16-7-6-8-17(28)11-16)24(37)19-12-21(27(30,31)32)20(22(29)23(19)33)15-35-10-9-18(14-35)34-25(38)41-26(2,3)4/h6-8,11-12,18H,5,9-10,13-15,33H2,1-4H3,(H,34,38). The van der Waals surface area contributed by atoms with Crippen LogP contribution < -0.4 is 11.1 Å². The third-order valence-corrected chi connectivity index (χ3v) is 8.82. The molecular formula is C27H33Cl2F3N4O5S. The molecule has 3 rings (SSSR count). The minimum atomic E-state index is -4.95. The molecule has 15 heteroatoms. The summed E-state index contributed by atoms with van der Waals surface area (Å²) >= 11 is 12.4. The fourth-order valence-corrected chi connectivity index (χ4v) is 5.96. The fraction of sp³-hybridized carbons (Fsp3) is 0.481. The third-order valence-electron chi connectivity index (χ3n) is 6.46. The van der Waals surface area contributed by atoms with Gasteiger partial charge >= 0.3 is 12.3 Å². The third kappa shape index (κ3) is 8.42. The lowest BCUT2D eigenvalue weighted by atomic mass is 10.00. The Hall–Kier alpha value is -2.74. The molecule has 2 amide bonds. The molecule has 0 aromatic heterocycles. The monoisotopic (exact) mass is 652 g/mol. The number of alkyl carbamates (subject to hydrolysis) is 1. The van der Waals surface area contributed by atoms with Crippen LogP contribution in [-0.4, -0.2) is 60.1 Å². The van der Waals surface area contributed by atoms with E-state index in [4.69, 9.17) is 33.7 Å². The predicted molar refractivity (Wildman–Crippen MR) is 155 cm³/mol. The first-order valence-electron chi connectivity index (χ1n) is 13.0. The van der Waals surface area contributed by atoms with Crippen LogP contribution in [0.25, 0.3) is 0 Å². The summed E-state index contributed by atoms with van der Waals surface area (Å²) in [6, 6.07) is 6.24. The number of nitrogens with zero attached hydrogens (tertiary/aromatic N) is 2. The van der Waals surface area contributed by atoms with Crippen molar-refractivity contribution >= 4 is 50.9 Å². The van der Waals surface area contributed by atoms with Crippen LogP contribution in [0, 0.1) is 0 Å². The van der Waals surface area contributed by atoms with Gasteiger partial charge in [-0.3, -0.25) is 9.69 Å². The maximum absolute atomic E-state index is 14.3. The number of ether oxygens (including phenoxy) is 1. The van der Waals surface area contributed by atoms with Crippen molar-refractivity contribution in [1.82, 2.24) is 14.5 Å². The number of alkyl halides is 3. The quantitative estimate of drug-likeness (QED) is 0.352. The molecule has 2 aromatic rings. The van der Waals surface area contributed by atoms with E-state index in [9.17, 15) is 31.2 Å². The van der Waals surface area contributed by atoms with Gasteiger partial charge < -0.3 is 15.8 Å². The Kier molecular flexibility index (Phi) is 10.3. The number of amides is 2. The number of anilines is 1. The number of rotatable bonds is 8. The molecule has 1 aliphatic heterocycles. The van der Waals surface area contributed by atoms with Gasteiger partial charge in [0.25, 0.3) is 5.91 Å². The van der Waals surface area contributed by atoms with Crippen molar-refractivity contribution in [2.24, 2.45) is 0 Å². The van der Waals surface area contributed by atoms with E-state index in [1.165, 1.54) is 19.1 Å². The number of carbonyl (C=O) groups is 2. The lowest BCUT2D eigenvalue weighted by Crippen LogP contribution is -2.40. The smallest absolute Gasteiger partial charge is 0.416 e. The number of likely N-dealkylation sites (tertiary alicyclic amines) is 1. The summed E-state index contributed by atoms with van der Waals surface area (Å²) < 4.78 is 74.5. The molecular weight excluding hydrogens is 620 g/mol. The molecule has 1 aliphatic rings. The molecule has 0 spiro atoms. The van der Waals surface area contributed by atoms with E-state index in [-0.39, 0.29) is 29.7 Å². The van der Waals surface area contributed by atoms with Crippen LogP contribution >= 0.6 is 23.2 Å². The van der Waals surface area contributed by atoms with E-state index in [1.54, 1.807) is 37.8 Å². The van der Waals surface area contributed by atoms with Crippen molar-refractivity contribution in [3.05, 3.63) is 62.6 Å². The normalized spacial score (nSPS) is 16.4. The molecule has 9 nitrogen and oxygen atoms in total. The van der Waals surface area contributed by atoms with E-state index in [2.05, 4.69) is 5.32 Å². The van der Waals surface area contributed by atoms with Gasteiger partial charge in [-0.15, -0.1) is 0 Å². The summed E-state index contributed by atoms with van der Waals surface area (Å²) in [6.07, 6.45) is -5.13. The van der Waals surface area contributed by atoms with Crippen LogP contribution in [0.15, 0.2) is 30.3 Å². The molecule has 2 aromatic carbocycles. The van der Waals surface area contributed by atoms with Crippen molar-refractivity contribution in [1.29, 1.82) is 0 Å². The van der Waals surface area contributed by atoms with Crippen LogP contribution in [0.4, 0.5) is 23.7 Å². The molecule has 0 aliphatic carbocycles. The lowest BCUT2D eigenvalue weighted by Gasteiger charge is -2.26. The van der Waals surface area contributed by atoms with Gasteiger partial charge in [-0.1, -0.05) is 35.3 Å². The number of nitrogens with two attached hydrogens (primary N) is 1. The van der Waals surface area contributed by atoms with Gasteiger partial charge in [0.1, 0.15) is 5.60 Å². The fourth-order valence-electron chi connectivity index (χ4n) is 4.47. The van der Waals surface area contributed by atoms with Gasteiger partial charge in [-0.2, -0.15) is 13.2 Å². The average Bonchev–Trinajstić information content (AvgIpc) is 3.29. The molecule has 0 radical (unpaired) electrons. The highest BCUT2D eigenvalue weighted by atomic mass is 35.5. The van der Waals surface area contributed by atoms with Gasteiger partial charge in [-0.25, -0.2) is 17.5 Å². The van der Waals surface area contributed by atoms with Gasteiger partial charge in [0.05, 0.1) is 34.1 Å². The largest absolute Gasteiger partial charge is 0.444 e. The van der Waals surface area contributed by atoms with Crippen molar-refractivity contribution in [3.63, 3.8) is 0 Å². The number of nitrogens with one attached hydrogen (secondary N) is 1. The first kappa shape index (κ1) is 33.8. The molecule has 232 valence electrons. The summed E-state index contributed by atoms with van der Waals surface area (Å²) in [7, 11) is -4.25. The Morgan fingerprint density at radius 1 is 1.19 bits per heavy atom. The van der Waals surface area contributed by atoms with Crippen LogP contribution in [0.3, 0.4) is 0 Å². The number of hydrogen-bond donors (Lipinski definition) is 2. The summed E-state index contributed by atoms with van der Waals surface area (Å²) in [5, 5.41) is 2.48. The summed E-state index contributed by atoms with van der Waals surface area (Å²) in [6.45, 7) is 6.24. The van der Waals surface area contributed by atoms with Gasteiger partial charge in [0.15, 0.2) is 0 Å². The second-order valence-corrected chi connectivity index (χ2v) is 13.9. The number of hydrogen-bond acceptors (Lipinski definition) is 7. The molecule has 0 saturated carbocycles. The number of carbonyl (C=O) groups excluding carboxylic acids is 2. The molecule has 1 saturated heterocycles. The number of nitrogen functional groups attached to an aromatic ring is 1. The summed E-state index contributed by atoms with van der Waals surface area (Å²) in [5.74, 6) is -1.75. The number of halogens is 5. The Bertz CT molecular complexity index is 1450. The predicted octanol–water partition coefficient (Wildman–Crippen LogP) is 5.69. The van der Waals surface area contributed by atoms with Gasteiger partial charge in [0.2, 0.25) is 10.0 Å². The highest BCUT2D eigenvalue weighted by Crippen LogP contribution is 2.41. The zero-order chi connectivity index (χ0) is 31.6. The van der Waals surface area contributed by atoms with E-state index >= 15 is 0 Å². The van der Waals surface area contributed by atoms with E-state index in [0.29, 0.717) is 28.9 Å². The highest BCUT2D eigenvalue weighted by Gasteiger charge is 2.39. The Morgan fingerprint density at radius 3 is 2.43 bits per heavy atom. The first-order chi connectivity index (χ1) is 19.3. The van der Waals surface area contributed by atoms with Gasteiger partial charge in [0, 0.05) is 30.7 Å². The van der Waals surface area contributed by atoms with Gasteiger partial charge in [-0.05, 0) is 63.4 Å². The van der Waals surface area contributed by atoms with Crippen molar-refractivity contribution in [2.75, 3.05) is 24.6 Å². The Balaban J connectivity index is 1.94. The minimum absolute atomic E-state index is 0.218. The second-order valence-electron chi connectivity index (χ2n) is 10.9. The van der Waals surface area contributed by atoms with E-state index < -0.39 is 67.9 Å². The maximum atomic E-state index is 14.3. The highest BCUT2D eigenvalue weighted by molar-refractivity contribution is 7.89. The van der Waals surface area contributed by atoms with Crippen LogP contribution in [0.1, 0.15) is 61.2 Å². The molecule has 1 fully saturated rings. The molecule has 0 bridgehead atoms. The molecule has 3 N–H and O–H groups in total. The summed E-state index contributed by atoms with van der Waals surface area (Å²) in [5.41, 5.74) is 2.98. The van der Waals surface area contributed by atoms with Crippen LogP contribution in [0.2, 0.25) is 10.0 Å². The lowest BCUT2D eigenvalue weighted by molar-refractivity contribution is -0.138. The minimum Gasteiger partial charge on any atom is -0.444 e. The Morgan fingerprint density at radius 2 is 1.86 bits per heavy atom. The average molecular weight is 654 g/mol. The second kappa shape index (κ2) is 12.9. The molecule has 1 atom stereocenters. The van der Waals surface area contributed by atoms with E-state index in [1.807, 2.05) is 0 Å². The Labute approximate surface area is 253 Å². The van der Waals surface area contributed by atoms with Crippen molar-refractivity contribution in [3.8, 4) is 0 Å². The maximum Gasteiger partial charge on any atom is 0.416 e. The first-order valence-corrected chi connectivity index (χ1v) is 15.4. The van der Waals surface area contributed by atoms with Crippen LogP contribution in [-0.2, 0) is 34.0 Å². The molecule has 1 heterocycles. The molecule has 1 unspecified atom stereocenters. The number of benzene rings is 2. The molecule has 42 heavy (non-hydrogen) atoms. The topological polar surface area (TPSA) is 122 Å². The summed E-state index contributed by atoms with van der Waals surface area (Å²) in [4.78, 5) is 27.3. The van der Waals surface area contributed by atoms with E-state index in [0.717, 1.165) is 0 Å². The number of sulfonamides is 1. The zero-order valence-corrected chi connectivity index (χ0v) is 25.8. The SMILES string of the molecule is CCS(=O)(=O)N(Cc1cccc(Cl)c1)C(=O)c1cc(C(F)(F)F)c(CN2CCC(NC(=O)OC(C)(C)C)C2)c(Cl)c1N. The van der Waals surface area contributed by atoms with Crippen molar-refractivity contribution < 1.29 is 35.9 Å².